The van der Waals surface area contributed by atoms with Gasteiger partial charge in [-0.1, -0.05) is 6.92 Å². The third-order valence-electron chi connectivity index (χ3n) is 4.81. The van der Waals surface area contributed by atoms with Gasteiger partial charge in [0.2, 0.25) is 7.37 Å². The van der Waals surface area contributed by atoms with Crippen molar-refractivity contribution in [1.82, 2.24) is 9.97 Å². The second-order valence-corrected chi connectivity index (χ2v) is 12.4. The second-order valence-electron chi connectivity index (χ2n) is 7.03. The minimum Gasteiger partial charge on any atom is -0.382 e. The van der Waals surface area contributed by atoms with Gasteiger partial charge in [0, 0.05) is 24.5 Å². The number of carbonyl (C=O) groups excluding carboxylic acids is 1. The van der Waals surface area contributed by atoms with Crippen molar-refractivity contribution >= 4 is 34.6 Å². The number of nitrogens with one attached hydrogen (secondary N) is 1. The van der Waals surface area contributed by atoms with E-state index in [2.05, 4.69) is 15.3 Å². The summed E-state index contributed by atoms with van der Waals surface area (Å²) in [5, 5.41) is 2.58. The molecule has 1 atom stereocenters. The zero-order valence-electron chi connectivity index (χ0n) is 17.9. The van der Waals surface area contributed by atoms with E-state index in [1.54, 1.807) is 6.92 Å². The van der Waals surface area contributed by atoms with E-state index in [1.807, 2.05) is 0 Å². The first-order valence-corrected chi connectivity index (χ1v) is 13.4. The van der Waals surface area contributed by atoms with Crippen LogP contribution in [0.15, 0.2) is 59.6 Å². The van der Waals surface area contributed by atoms with Gasteiger partial charge >= 0.3 is 0 Å². The molecule has 0 aliphatic carbocycles. The number of carbonyl (C=O) groups is 1. The Morgan fingerprint density at radius 3 is 2.36 bits per heavy atom. The van der Waals surface area contributed by atoms with Gasteiger partial charge in [0.1, 0.15) is 11.3 Å². The first-order chi connectivity index (χ1) is 15.6. The van der Waals surface area contributed by atoms with Gasteiger partial charge < -0.3 is 15.6 Å². The fraction of sp³-hybridized carbons (Fsp3) is 0.190. The number of sulfone groups is 1. The fourth-order valence-electron chi connectivity index (χ4n) is 2.87. The Labute approximate surface area is 190 Å². The Morgan fingerprint density at radius 1 is 1.15 bits per heavy atom. The predicted octanol–water partition coefficient (Wildman–Crippen LogP) is 3.79. The summed E-state index contributed by atoms with van der Waals surface area (Å²) in [6.07, 6.45) is 1.46. The molecular weight excluding hydrogens is 470 g/mol. The average molecular weight is 492 g/mol. The third kappa shape index (κ3) is 5.81. The van der Waals surface area contributed by atoms with E-state index in [9.17, 15) is 22.2 Å². The van der Waals surface area contributed by atoms with Gasteiger partial charge in [-0.2, -0.15) is 0 Å². The SMILES string of the molecule is CCP(=O)(CS(=O)(=O)c1ccc(NC(=O)c2nc(-c3ccc(F)cc3)cnc2N)cc1)OC. The summed E-state index contributed by atoms with van der Waals surface area (Å²) in [5.41, 5.74) is 6.22. The number of benzene rings is 2. The van der Waals surface area contributed by atoms with Crippen LogP contribution in [0, 0.1) is 5.82 Å². The number of amides is 1. The van der Waals surface area contributed by atoms with Crippen molar-refractivity contribution in [3.8, 4) is 11.3 Å². The number of nitrogens with two attached hydrogens (primary N) is 1. The van der Waals surface area contributed by atoms with Crippen LogP contribution >= 0.6 is 7.37 Å². The van der Waals surface area contributed by atoms with Crippen molar-refractivity contribution in [3.05, 3.63) is 66.2 Å². The molecule has 1 unspecified atom stereocenters. The molecule has 0 bridgehead atoms. The molecule has 12 heteroatoms. The summed E-state index contributed by atoms with van der Waals surface area (Å²) in [5.74, 6) is -1.17. The lowest BCUT2D eigenvalue weighted by molar-refractivity contribution is 0.102. The molecule has 3 rings (SSSR count). The van der Waals surface area contributed by atoms with Gasteiger partial charge in [0.25, 0.3) is 5.91 Å². The zero-order valence-corrected chi connectivity index (χ0v) is 19.6. The van der Waals surface area contributed by atoms with Crippen LogP contribution in [0.5, 0.6) is 0 Å². The van der Waals surface area contributed by atoms with Crippen molar-refractivity contribution in [2.24, 2.45) is 0 Å². The average Bonchev–Trinajstić information content (AvgIpc) is 2.80. The molecule has 0 saturated carbocycles. The smallest absolute Gasteiger partial charge is 0.278 e. The van der Waals surface area contributed by atoms with Crippen LogP contribution in [-0.2, 0) is 18.9 Å². The van der Waals surface area contributed by atoms with Crippen molar-refractivity contribution in [3.63, 3.8) is 0 Å². The maximum atomic E-state index is 13.2. The third-order valence-corrected chi connectivity index (χ3v) is 10.4. The summed E-state index contributed by atoms with van der Waals surface area (Å²) in [6, 6.07) is 10.9. The van der Waals surface area contributed by atoms with Crippen LogP contribution in [0.25, 0.3) is 11.3 Å². The van der Waals surface area contributed by atoms with Crippen LogP contribution in [0.3, 0.4) is 0 Å². The monoisotopic (exact) mass is 492 g/mol. The summed E-state index contributed by atoms with van der Waals surface area (Å²) in [7, 11) is -5.92. The van der Waals surface area contributed by atoms with Gasteiger partial charge in [0.05, 0.1) is 16.8 Å². The molecule has 9 nitrogen and oxygen atoms in total. The molecule has 0 fully saturated rings. The Morgan fingerprint density at radius 2 is 1.79 bits per heavy atom. The van der Waals surface area contributed by atoms with Gasteiger partial charge in [-0.15, -0.1) is 0 Å². The van der Waals surface area contributed by atoms with Crippen molar-refractivity contribution in [2.45, 2.75) is 11.8 Å². The molecule has 1 amide bonds. The predicted molar refractivity (Wildman–Crippen MR) is 123 cm³/mol. The summed E-state index contributed by atoms with van der Waals surface area (Å²) in [6.45, 7) is 1.60. The van der Waals surface area contributed by atoms with Crippen LogP contribution in [0.1, 0.15) is 17.4 Å². The van der Waals surface area contributed by atoms with Gasteiger partial charge in [-0.25, -0.2) is 22.8 Å². The highest BCUT2D eigenvalue weighted by Crippen LogP contribution is 2.47. The molecule has 0 saturated heterocycles. The molecule has 1 aromatic heterocycles. The summed E-state index contributed by atoms with van der Waals surface area (Å²) < 4.78 is 55.6. The van der Waals surface area contributed by atoms with Gasteiger partial charge in [-0.05, 0) is 48.5 Å². The number of aromatic nitrogens is 2. The normalized spacial score (nSPS) is 13.3. The molecule has 174 valence electrons. The molecule has 3 aromatic rings. The summed E-state index contributed by atoms with van der Waals surface area (Å²) in [4.78, 5) is 20.8. The number of nitrogen functional groups attached to an aromatic ring is 1. The van der Waals surface area contributed by atoms with E-state index in [0.717, 1.165) is 0 Å². The Hall–Kier alpha value is -3.14. The van der Waals surface area contributed by atoms with Crippen LogP contribution in [-0.4, -0.2) is 43.1 Å². The van der Waals surface area contributed by atoms with Crippen LogP contribution in [0.2, 0.25) is 0 Å². The number of hydrogen-bond donors (Lipinski definition) is 2. The van der Waals surface area contributed by atoms with E-state index >= 15 is 0 Å². The number of rotatable bonds is 8. The molecule has 3 N–H and O–H groups in total. The highest BCUT2D eigenvalue weighted by Gasteiger charge is 2.29. The molecule has 0 aliphatic rings. The van der Waals surface area contributed by atoms with Crippen molar-refractivity contribution in [1.29, 1.82) is 0 Å². The summed E-state index contributed by atoms with van der Waals surface area (Å²) >= 11 is 0. The first-order valence-electron chi connectivity index (χ1n) is 9.73. The number of halogens is 1. The molecule has 0 aliphatic heterocycles. The van der Waals surface area contributed by atoms with Crippen molar-refractivity contribution in [2.75, 3.05) is 29.8 Å². The Bertz CT molecular complexity index is 1310. The van der Waals surface area contributed by atoms with E-state index in [1.165, 1.54) is 61.8 Å². The van der Waals surface area contributed by atoms with E-state index in [0.29, 0.717) is 11.3 Å². The van der Waals surface area contributed by atoms with Crippen LogP contribution < -0.4 is 11.1 Å². The topological polar surface area (TPSA) is 141 Å². The molecule has 1 heterocycles. The maximum Gasteiger partial charge on any atom is 0.278 e. The number of nitrogens with zero attached hydrogens (tertiary/aromatic N) is 2. The van der Waals surface area contributed by atoms with E-state index in [-0.39, 0.29) is 28.3 Å². The fourth-order valence-corrected chi connectivity index (χ4v) is 7.50. The molecule has 2 aromatic carbocycles. The molecule has 33 heavy (non-hydrogen) atoms. The molecule has 0 radical (unpaired) electrons. The highest BCUT2D eigenvalue weighted by atomic mass is 32.2. The number of anilines is 2. The van der Waals surface area contributed by atoms with Gasteiger partial charge in [-0.3, -0.25) is 9.36 Å². The minimum absolute atomic E-state index is 0.0520. The lowest BCUT2D eigenvalue weighted by Crippen LogP contribution is -2.17. The molecular formula is C21H22FN4O5PS. The van der Waals surface area contributed by atoms with Gasteiger partial charge in [0.15, 0.2) is 21.3 Å². The second kappa shape index (κ2) is 9.78. The zero-order chi connectivity index (χ0) is 24.2. The lowest BCUT2D eigenvalue weighted by Gasteiger charge is -2.14. The van der Waals surface area contributed by atoms with E-state index in [4.69, 9.17) is 10.3 Å². The maximum absolute atomic E-state index is 13.2. The van der Waals surface area contributed by atoms with E-state index < -0.39 is 34.4 Å². The first kappa shape index (κ1) is 24.5. The Balaban J connectivity index is 1.79. The van der Waals surface area contributed by atoms with Crippen LogP contribution in [0.4, 0.5) is 15.9 Å². The minimum atomic E-state index is -3.86. The number of hydrogen-bond acceptors (Lipinski definition) is 8. The molecule has 0 spiro atoms. The largest absolute Gasteiger partial charge is 0.382 e. The highest BCUT2D eigenvalue weighted by molar-refractivity contribution is 7.98. The van der Waals surface area contributed by atoms with Crippen molar-refractivity contribution < 1.29 is 26.7 Å². The Kier molecular flexibility index (Phi) is 7.26. The lowest BCUT2D eigenvalue weighted by atomic mass is 10.1. The standard InChI is InChI=1S/C21H22FN4O5PS/c1-3-32(28,31-2)13-33(29,30)17-10-8-16(9-11-17)25-21(27)19-20(23)24-12-18(26-19)14-4-6-15(22)7-5-14/h4-12H,3,13H2,1-2H3,(H2,23,24)(H,25,27). The quantitative estimate of drug-likeness (QED) is 0.453.